The lowest BCUT2D eigenvalue weighted by Gasteiger charge is -2.34. The zero-order valence-electron chi connectivity index (χ0n) is 76.5. The van der Waals surface area contributed by atoms with Crippen LogP contribution in [0.1, 0.15) is 151 Å². The molecule has 0 aromatic heterocycles. The highest BCUT2D eigenvalue weighted by Crippen LogP contribution is 2.50. The van der Waals surface area contributed by atoms with E-state index in [0.717, 1.165) is 62.3 Å². The average Bonchev–Trinajstić information content (AvgIpc) is 1.62. The van der Waals surface area contributed by atoms with Gasteiger partial charge < -0.3 is 115 Å². The van der Waals surface area contributed by atoms with E-state index in [2.05, 4.69) is 106 Å². The molecule has 0 saturated carbocycles. The number of alkyl halides is 4. The molecule has 8 aliphatic rings. The van der Waals surface area contributed by atoms with Crippen molar-refractivity contribution in [1.29, 1.82) is 0 Å². The van der Waals surface area contributed by atoms with E-state index in [9.17, 15) is 58.1 Å². The first-order valence-corrected chi connectivity index (χ1v) is 44.9. The van der Waals surface area contributed by atoms with Crippen LogP contribution in [0.4, 0.5) is 17.6 Å². The van der Waals surface area contributed by atoms with E-state index >= 15 is 13.2 Å². The molecular formula is C83H122F4N25O22P. The minimum atomic E-state index is -4.65. The third-order valence-corrected chi connectivity index (χ3v) is 23.1. The third-order valence-electron chi connectivity index (χ3n) is 21.5. The van der Waals surface area contributed by atoms with Crippen LogP contribution in [-0.2, 0) is 86.9 Å². The van der Waals surface area contributed by atoms with Crippen molar-refractivity contribution in [1.82, 2.24) is 30.0 Å². The number of nitrogens with one attached hydrogen (secondary N) is 2. The van der Waals surface area contributed by atoms with E-state index in [1.165, 1.54) is 70.7 Å². The van der Waals surface area contributed by atoms with Crippen molar-refractivity contribution in [2.24, 2.45) is 64.3 Å². The Morgan fingerprint density at radius 2 is 0.970 bits per heavy atom. The Morgan fingerprint density at radius 3 is 1.40 bits per heavy atom. The van der Waals surface area contributed by atoms with Gasteiger partial charge in [0.2, 0.25) is 0 Å². The van der Waals surface area contributed by atoms with Crippen molar-refractivity contribution >= 4 is 61.0 Å². The molecule has 4 fully saturated rings. The van der Waals surface area contributed by atoms with E-state index < -0.39 is 211 Å². The minimum Gasteiger partial charge on any atom is -0.463 e. The maximum Gasteiger partial charge on any atom is 0.459 e. The predicted octanol–water partition coefficient (Wildman–Crippen LogP) is 9.10. The molecule has 0 aliphatic carbocycles. The summed E-state index contributed by atoms with van der Waals surface area (Å²) >= 11 is 0. The number of ether oxygens (including phenoxy) is 9. The van der Waals surface area contributed by atoms with Crippen LogP contribution in [0.5, 0.6) is 5.75 Å². The molecule has 0 radical (unpaired) electrons. The Balaban J connectivity index is 0.000000284. The summed E-state index contributed by atoms with van der Waals surface area (Å²) in [5.41, 5.74) is 50.7. The largest absolute Gasteiger partial charge is 0.463 e. The first-order chi connectivity index (χ1) is 64.0. The highest BCUT2D eigenvalue weighted by Gasteiger charge is 2.63. The number of azide groups is 4. The molecule has 0 spiro atoms. The Kier molecular flexibility index (Phi) is 43.8. The second kappa shape index (κ2) is 52.8. The average molecular weight is 1930 g/mol. The van der Waals surface area contributed by atoms with Crippen molar-refractivity contribution in [2.75, 3.05) is 52.6 Å². The fraction of sp³-hybridized carbons (Fsp3) is 0.627. The quantitative estimate of drug-likeness (QED) is 0.00425. The number of carbonyl (C=O) groups excluding carboxylic acids is 6. The molecule has 4 saturated heterocycles. The highest BCUT2D eigenvalue weighted by atomic mass is 31.2. The minimum absolute atomic E-state index is 0.0221. The van der Waals surface area contributed by atoms with Crippen LogP contribution in [0.3, 0.4) is 0 Å². The molecule has 744 valence electrons. The molecule has 135 heavy (non-hydrogen) atoms. The van der Waals surface area contributed by atoms with Crippen molar-refractivity contribution in [3.8, 4) is 5.75 Å². The van der Waals surface area contributed by atoms with Gasteiger partial charge in [-0.3, -0.25) is 33.3 Å². The summed E-state index contributed by atoms with van der Waals surface area (Å²) in [6.45, 7) is 25.6. The van der Waals surface area contributed by atoms with Gasteiger partial charge in [0.05, 0.1) is 58.2 Å². The number of para-hydroxylation sites is 1. The molecule has 1 aromatic rings. The third kappa shape index (κ3) is 30.8. The van der Waals surface area contributed by atoms with Crippen molar-refractivity contribution < 1.29 is 123 Å². The summed E-state index contributed by atoms with van der Waals surface area (Å²) in [4.78, 5) is 101. The molecule has 19 atom stereocenters. The maximum atomic E-state index is 15.6. The summed E-state index contributed by atoms with van der Waals surface area (Å²) in [5.74, 6) is -3.12. The lowest BCUT2D eigenvalue weighted by atomic mass is 9.96. The molecule has 9 rings (SSSR count). The maximum absolute atomic E-state index is 15.6. The van der Waals surface area contributed by atoms with Gasteiger partial charge in [-0.2, -0.15) is 5.09 Å². The number of esters is 5. The monoisotopic (exact) mass is 1930 g/mol. The molecule has 8 aliphatic heterocycles. The molecule has 52 heteroatoms. The number of nitrogens with two attached hydrogens (primary N) is 4. The van der Waals surface area contributed by atoms with E-state index in [-0.39, 0.29) is 84.2 Å². The first kappa shape index (κ1) is 112. The lowest BCUT2D eigenvalue weighted by molar-refractivity contribution is -0.170. The SMILES string of the molecule is C=C1N=C(N)C=CN1[C@@H]1O[C@@](CO)(CN=[N+]=[N-])[C@@H](OC(=O)C(N)C(C)C)[C@H]1F.C=C1N=C(N)C=CN1[C@@H]1O[C@@](CO)(CN=[N+]=[N-])[C@@H](OC(=O)CCCCCCC)[C@H]1F.C=C1N=C(N)C=CN1[C@@H]1O[C@](CN=[N+]=[N-])(COC(=O)CCCCCCC)[C@@H](O)[C@H]1F.C=C1NC(=O)C=CN1[C@@H]1O[C@](CN=[N+]=[N-])(COP(=O)(NC(C)C(=O)OC(C)C)Oc2ccccc2CCC(=O)OC(C)C)[C@@H](O)[C@H]1F. The fourth-order valence-electron chi connectivity index (χ4n) is 14.2. The molecule has 14 N–H and O–H groups in total. The lowest BCUT2D eigenvalue weighted by Crippen LogP contribution is -2.52. The molecule has 1 aromatic carbocycles. The van der Waals surface area contributed by atoms with Crippen LogP contribution in [0.15, 0.2) is 158 Å². The van der Waals surface area contributed by atoms with Gasteiger partial charge in [-0.1, -0.05) is 144 Å². The summed E-state index contributed by atoms with van der Waals surface area (Å²) in [5, 5.41) is 60.1. The second-order valence-corrected chi connectivity index (χ2v) is 34.6. The number of amides is 1. The van der Waals surface area contributed by atoms with Crippen LogP contribution in [0, 0.1) is 5.92 Å². The van der Waals surface area contributed by atoms with E-state index in [0.29, 0.717) is 18.4 Å². The Hall–Kier alpha value is -11.9. The number of carbonyl (C=O) groups is 6. The Morgan fingerprint density at radius 1 is 0.563 bits per heavy atom. The molecule has 47 nitrogen and oxygen atoms in total. The van der Waals surface area contributed by atoms with Gasteiger partial charge in [0.25, 0.3) is 5.91 Å². The fourth-order valence-corrected chi connectivity index (χ4v) is 15.8. The number of aliphatic hydroxyl groups is 4. The normalized spacial score (nSPS) is 27.4. The van der Waals surface area contributed by atoms with E-state index in [4.69, 9.17) is 96.7 Å². The number of nitrogens with zero attached hydrogens (tertiary/aromatic N) is 19. The van der Waals surface area contributed by atoms with Gasteiger partial charge in [-0.05, 0) is 112 Å². The standard InChI is InChI=1S/C29H40FN6O10P.2C19H29FN6O4.C16H24FN7O4/c1-17(2)43-24(38)12-11-21-9-7-8-10-22(21)46-47(41,34-19(5)28(40)44-18(3)4)42-16-29(15-32-35-31)26(39)25(30)27(45-29)36-14-13-23(37)33-20(36)6;1-3-4-5-6-7-8-15(27)29-12-19(11-23-25-22)17(28)16(20)18(30-19)26-10-9-14(21)24-13(26)2;1-3-4-5-6-7-8-15(28)29-17-16(20)18(26-10-9-14(21)24-13(26)2)30-19(17,12-27)11-23-25-22;1-8(2)12(19)15(26)27-13-11(17)14(24-5-4-10(18)22-9(24)3)28-16(13,7-25)6-21-23-20/h7-10,13-14,17-19,25-27,39H,6,11-12,15-16H2,1-5H3,(H,33,37)(H,34,41);9-10,16-18,28H,2-8,11-12H2,1H3,(H2,21,24);9-10,16-18,27H,2-8,11-12H2,1H3,(H2,21,24);4-5,8,11-14,25H,3,6-7,19H2,1-2H3,(H2,18,22)/t19?,25-,26+,27-,29-,47?;2*16-,17+,18-,19-;11-,12?,13+,14-,16-/m1111/s1. The summed E-state index contributed by atoms with van der Waals surface area (Å²) < 4.78 is 137. The molecule has 1 amide bonds. The number of halogens is 4. The topological polar surface area (TPSA) is 675 Å². The number of aliphatic imine (C=N–C) groups is 3. The summed E-state index contributed by atoms with van der Waals surface area (Å²) in [7, 11) is -4.65. The number of benzene rings is 1. The Bertz CT molecular complexity index is 4780. The number of hydrogen-bond acceptors (Lipinski definition) is 37. The molecule has 0 bridgehead atoms. The summed E-state index contributed by atoms with van der Waals surface area (Å²) in [6, 6.07) is 4.08. The van der Waals surface area contributed by atoms with Crippen molar-refractivity contribution in [3.63, 3.8) is 0 Å². The highest BCUT2D eigenvalue weighted by molar-refractivity contribution is 7.52. The predicted molar refractivity (Wildman–Crippen MR) is 480 cm³/mol. The number of unbranched alkanes of at least 4 members (excludes halogenated alkanes) is 8. The molecular weight excluding hydrogens is 1810 g/mol. The second-order valence-electron chi connectivity index (χ2n) is 32.9. The zero-order valence-corrected chi connectivity index (χ0v) is 77.4. The van der Waals surface area contributed by atoms with Gasteiger partial charge in [0.15, 0.2) is 61.8 Å². The zero-order chi connectivity index (χ0) is 100. The smallest absolute Gasteiger partial charge is 0.459 e. The number of aliphatic hydroxyl groups excluding tert-OH is 4. The molecule has 3 unspecified atom stereocenters. The molecule has 8 heterocycles. The van der Waals surface area contributed by atoms with Crippen LogP contribution in [0.25, 0.3) is 41.8 Å². The van der Waals surface area contributed by atoms with Crippen molar-refractivity contribution in [2.45, 2.75) is 273 Å². The number of rotatable bonds is 45. The van der Waals surface area contributed by atoms with Crippen molar-refractivity contribution in [3.05, 3.63) is 170 Å². The number of amidine groups is 3. The summed E-state index contributed by atoms with van der Waals surface area (Å²) in [6.07, 6.45) is -0.183. The Labute approximate surface area is 776 Å². The van der Waals surface area contributed by atoms with E-state index in [1.54, 1.807) is 59.7 Å². The number of hydrogen-bond donors (Lipinski definition) is 10. The van der Waals surface area contributed by atoms with Gasteiger partial charge in [-0.25, -0.2) is 37.1 Å². The first-order valence-electron chi connectivity index (χ1n) is 43.3. The van der Waals surface area contributed by atoms with Gasteiger partial charge in [0, 0.05) is 69.8 Å². The number of aryl methyl sites for hydroxylation is 1. The van der Waals surface area contributed by atoms with Gasteiger partial charge in [-0.15, -0.1) is 0 Å². The van der Waals surface area contributed by atoms with Crippen LogP contribution < -0.4 is 37.9 Å². The van der Waals surface area contributed by atoms with E-state index in [1.807, 2.05) is 0 Å². The van der Waals surface area contributed by atoms with Crippen LogP contribution in [-0.4, -0.2) is 267 Å². The van der Waals surface area contributed by atoms with Crippen LogP contribution in [0.2, 0.25) is 0 Å². The van der Waals surface area contributed by atoms with Gasteiger partial charge >= 0.3 is 37.6 Å². The van der Waals surface area contributed by atoms with Gasteiger partial charge in [0.1, 0.15) is 99.8 Å². The van der Waals surface area contributed by atoms with Crippen LogP contribution >= 0.6 is 7.75 Å².